The average molecular weight is 470 g/mol. The first kappa shape index (κ1) is 25.8. The largest absolute Gasteiger partial charge is 0.469 e. The van der Waals surface area contributed by atoms with Gasteiger partial charge in [0.1, 0.15) is 6.10 Å². The maximum Gasteiger partial charge on any atom is 0.305 e. The molecule has 0 N–H and O–H groups in total. The molecule has 2 unspecified atom stereocenters. The van der Waals surface area contributed by atoms with Gasteiger partial charge in [0.25, 0.3) is 0 Å². The minimum atomic E-state index is -0.750. The number of unbranched alkanes of at least 4 members (excludes halogenated alkanes) is 2. The van der Waals surface area contributed by atoms with Gasteiger partial charge in [-0.3, -0.25) is 9.59 Å². The van der Waals surface area contributed by atoms with E-state index in [4.69, 9.17) is 18.6 Å². The highest BCUT2D eigenvalue weighted by Gasteiger charge is 2.39. The van der Waals surface area contributed by atoms with Crippen LogP contribution in [0.3, 0.4) is 0 Å². The fraction of sp³-hybridized carbons (Fsp3) is 0.519. The van der Waals surface area contributed by atoms with Crippen molar-refractivity contribution in [2.24, 2.45) is 0 Å². The predicted molar refractivity (Wildman–Crippen MR) is 129 cm³/mol. The van der Waals surface area contributed by atoms with Crippen molar-refractivity contribution in [2.45, 2.75) is 83.7 Å². The Hall–Kier alpha value is -2.77. The van der Waals surface area contributed by atoms with Gasteiger partial charge in [0, 0.05) is 18.4 Å². The van der Waals surface area contributed by atoms with Crippen LogP contribution in [0, 0.1) is 0 Å². The number of methoxy groups -OCH3 is 1. The maximum atomic E-state index is 12.9. The predicted octanol–water partition coefficient (Wildman–Crippen LogP) is 5.98. The number of rotatable bonds is 12. The fourth-order valence-corrected chi connectivity index (χ4v) is 3.98. The van der Waals surface area contributed by atoms with E-state index < -0.39 is 5.79 Å². The van der Waals surface area contributed by atoms with E-state index in [0.717, 1.165) is 24.8 Å². The molecule has 0 spiro atoms. The summed E-state index contributed by atoms with van der Waals surface area (Å²) in [6.45, 7) is 5.83. The van der Waals surface area contributed by atoms with Crippen LogP contribution < -0.4 is 0 Å². The number of ether oxygens (including phenoxy) is 3. The van der Waals surface area contributed by atoms with Gasteiger partial charge in [0.15, 0.2) is 23.0 Å². The summed E-state index contributed by atoms with van der Waals surface area (Å²) in [6, 6.07) is 9.53. The van der Waals surface area contributed by atoms with Crippen molar-refractivity contribution >= 4 is 17.8 Å². The van der Waals surface area contributed by atoms with Crippen LogP contribution in [0.2, 0.25) is 0 Å². The van der Waals surface area contributed by atoms with Gasteiger partial charge < -0.3 is 18.6 Å². The zero-order chi connectivity index (χ0) is 24.6. The third-order valence-electron chi connectivity index (χ3n) is 5.70. The van der Waals surface area contributed by atoms with Gasteiger partial charge in [0.2, 0.25) is 5.89 Å². The van der Waals surface area contributed by atoms with E-state index in [1.807, 2.05) is 50.3 Å². The van der Waals surface area contributed by atoms with Crippen LogP contribution in [0.5, 0.6) is 0 Å². The number of nitrogens with zero attached hydrogens (tertiary/aromatic N) is 1. The Morgan fingerprint density at radius 2 is 1.85 bits per heavy atom. The lowest BCUT2D eigenvalue weighted by Gasteiger charge is -2.16. The Labute approximate surface area is 201 Å². The summed E-state index contributed by atoms with van der Waals surface area (Å²) in [4.78, 5) is 28.9. The number of aromatic nitrogens is 1. The average Bonchev–Trinajstić information content (AvgIpc) is 3.38. The summed E-state index contributed by atoms with van der Waals surface area (Å²) in [5.41, 5.74) is 1.15. The quantitative estimate of drug-likeness (QED) is 0.215. The Balaban J connectivity index is 1.80. The van der Waals surface area contributed by atoms with E-state index in [-0.39, 0.29) is 24.0 Å². The molecule has 1 aromatic carbocycles. The topological polar surface area (TPSA) is 87.9 Å². The van der Waals surface area contributed by atoms with Crippen LogP contribution in [-0.2, 0) is 19.0 Å². The molecule has 7 nitrogen and oxygen atoms in total. The molecule has 0 saturated carbocycles. The van der Waals surface area contributed by atoms with Crippen molar-refractivity contribution < 1.29 is 28.2 Å². The molecule has 1 aliphatic rings. The third kappa shape index (κ3) is 7.11. The van der Waals surface area contributed by atoms with Crippen LogP contribution >= 0.6 is 0 Å². The maximum absolute atomic E-state index is 12.9. The highest BCUT2D eigenvalue weighted by atomic mass is 16.7. The Bertz CT molecular complexity index is 978. The van der Waals surface area contributed by atoms with Gasteiger partial charge in [-0.25, -0.2) is 4.98 Å². The molecule has 3 rings (SSSR count). The van der Waals surface area contributed by atoms with Crippen molar-refractivity contribution in [2.75, 3.05) is 7.11 Å². The highest BCUT2D eigenvalue weighted by Crippen LogP contribution is 2.33. The number of Topliss-reactive ketones (excluding diaryl/α,β-unsaturated/α-hetero) is 1. The first-order chi connectivity index (χ1) is 16.3. The standard InChI is InChI=1S/C27H35NO6/c1-5-6-8-14-20(29)25-23(32-26(28-25)19-12-9-7-10-13-19)18-17-22-21(33-27(2,3)34-22)15-11-16-24(30)31-4/h7,9-10,12-13,17-18,21-22H,5-6,8,11,14-16H2,1-4H3/b18-17+. The molecule has 184 valence electrons. The van der Waals surface area contributed by atoms with Crippen molar-refractivity contribution in [1.29, 1.82) is 0 Å². The van der Waals surface area contributed by atoms with Crippen LogP contribution in [0.15, 0.2) is 40.8 Å². The second kappa shape index (κ2) is 12.1. The summed E-state index contributed by atoms with van der Waals surface area (Å²) in [5.74, 6) is -0.191. The summed E-state index contributed by atoms with van der Waals surface area (Å²) in [5, 5.41) is 0. The minimum absolute atomic E-state index is 0.0300. The second-order valence-electron chi connectivity index (χ2n) is 8.94. The lowest BCUT2D eigenvalue weighted by Crippen LogP contribution is -2.21. The molecule has 1 aliphatic heterocycles. The number of hydrogen-bond acceptors (Lipinski definition) is 7. The molecule has 2 heterocycles. The first-order valence-electron chi connectivity index (χ1n) is 12.0. The van der Waals surface area contributed by atoms with Crippen molar-refractivity contribution in [3.63, 3.8) is 0 Å². The number of esters is 1. The van der Waals surface area contributed by atoms with Gasteiger partial charge in [-0.1, -0.05) is 38.0 Å². The molecule has 1 fully saturated rings. The van der Waals surface area contributed by atoms with Gasteiger partial charge in [0.05, 0.1) is 13.2 Å². The Kier molecular flexibility index (Phi) is 9.19. The van der Waals surface area contributed by atoms with Crippen LogP contribution in [0.4, 0.5) is 0 Å². The first-order valence-corrected chi connectivity index (χ1v) is 12.0. The minimum Gasteiger partial charge on any atom is -0.469 e. The number of hydrogen-bond donors (Lipinski definition) is 0. The molecule has 0 bridgehead atoms. The number of benzene rings is 1. The normalized spacial score (nSPS) is 19.5. The molecule has 0 radical (unpaired) electrons. The molecular formula is C27H35NO6. The number of carbonyl (C=O) groups is 2. The van der Waals surface area contributed by atoms with E-state index >= 15 is 0 Å². The summed E-state index contributed by atoms with van der Waals surface area (Å²) in [6.07, 6.45) is 7.93. The van der Waals surface area contributed by atoms with Crippen molar-refractivity contribution in [3.05, 3.63) is 47.9 Å². The number of ketones is 1. The number of carbonyl (C=O) groups excluding carboxylic acids is 2. The zero-order valence-electron chi connectivity index (χ0n) is 20.5. The van der Waals surface area contributed by atoms with Crippen molar-refractivity contribution in [3.8, 4) is 11.5 Å². The van der Waals surface area contributed by atoms with E-state index in [1.165, 1.54) is 7.11 Å². The van der Waals surface area contributed by atoms with Crippen LogP contribution in [0.25, 0.3) is 17.5 Å². The molecule has 7 heteroatoms. The molecule has 1 saturated heterocycles. The van der Waals surface area contributed by atoms with Gasteiger partial charge in [-0.05, 0) is 57.4 Å². The van der Waals surface area contributed by atoms with E-state index in [0.29, 0.717) is 43.0 Å². The second-order valence-corrected chi connectivity index (χ2v) is 8.94. The lowest BCUT2D eigenvalue weighted by molar-refractivity contribution is -0.144. The fourth-order valence-electron chi connectivity index (χ4n) is 3.98. The van der Waals surface area contributed by atoms with Gasteiger partial charge >= 0.3 is 5.97 Å². The van der Waals surface area contributed by atoms with E-state index in [9.17, 15) is 9.59 Å². The number of oxazole rings is 1. The molecule has 2 atom stereocenters. The molecule has 0 aliphatic carbocycles. The highest BCUT2D eigenvalue weighted by molar-refractivity contribution is 5.97. The smallest absolute Gasteiger partial charge is 0.305 e. The van der Waals surface area contributed by atoms with Gasteiger partial charge in [-0.15, -0.1) is 0 Å². The SMILES string of the molecule is CCCCCC(=O)c1nc(-c2ccccc2)oc1/C=C/C1OC(C)(C)OC1CCCC(=O)OC. The zero-order valence-corrected chi connectivity index (χ0v) is 20.5. The van der Waals surface area contributed by atoms with E-state index in [2.05, 4.69) is 11.9 Å². The van der Waals surface area contributed by atoms with Crippen molar-refractivity contribution in [1.82, 2.24) is 4.98 Å². The molecular weight excluding hydrogens is 434 g/mol. The molecule has 0 amide bonds. The van der Waals surface area contributed by atoms with Crippen LogP contribution in [-0.4, -0.2) is 41.8 Å². The third-order valence-corrected chi connectivity index (χ3v) is 5.70. The van der Waals surface area contributed by atoms with Gasteiger partial charge in [-0.2, -0.15) is 0 Å². The van der Waals surface area contributed by atoms with E-state index in [1.54, 1.807) is 6.08 Å². The summed E-state index contributed by atoms with van der Waals surface area (Å²) in [7, 11) is 1.38. The lowest BCUT2D eigenvalue weighted by atomic mass is 10.1. The molecule has 34 heavy (non-hydrogen) atoms. The Morgan fingerprint density at radius 1 is 1.09 bits per heavy atom. The monoisotopic (exact) mass is 469 g/mol. The summed E-state index contributed by atoms with van der Waals surface area (Å²) < 4.78 is 22.9. The molecule has 1 aromatic heterocycles. The van der Waals surface area contributed by atoms with Crippen LogP contribution in [0.1, 0.15) is 82.0 Å². The summed E-state index contributed by atoms with van der Waals surface area (Å²) >= 11 is 0. The molecule has 2 aromatic rings. The Morgan fingerprint density at radius 3 is 2.56 bits per heavy atom.